The third-order valence-electron chi connectivity index (χ3n) is 2.94. The maximum atomic E-state index is 8.98. The minimum absolute atomic E-state index is 0.150. The van der Waals surface area contributed by atoms with Crippen LogP contribution in [0.4, 0.5) is 0 Å². The molecular formula is C12H16N2S. The molecule has 1 fully saturated rings. The smallest absolute Gasteiger partial charge is 0.0981 e. The van der Waals surface area contributed by atoms with Gasteiger partial charge in [-0.3, -0.25) is 4.90 Å². The molecule has 1 aliphatic rings. The SMILES string of the molecule is CCc1ccc(CN2CCCC2C#N)s1. The van der Waals surface area contributed by atoms with Crippen LogP contribution in [0.1, 0.15) is 29.5 Å². The molecule has 1 aromatic heterocycles. The number of likely N-dealkylation sites (tertiary alicyclic amines) is 1. The lowest BCUT2D eigenvalue weighted by Crippen LogP contribution is -2.26. The number of nitriles is 1. The quantitative estimate of drug-likeness (QED) is 0.783. The van der Waals surface area contributed by atoms with E-state index in [1.165, 1.54) is 16.2 Å². The number of hydrogen-bond donors (Lipinski definition) is 0. The summed E-state index contributed by atoms with van der Waals surface area (Å²) in [5.41, 5.74) is 0. The Bertz CT molecular complexity index is 364. The van der Waals surface area contributed by atoms with Gasteiger partial charge >= 0.3 is 0 Å². The molecule has 3 heteroatoms. The van der Waals surface area contributed by atoms with Crippen molar-refractivity contribution in [2.75, 3.05) is 6.54 Å². The van der Waals surface area contributed by atoms with Crippen LogP contribution in [-0.2, 0) is 13.0 Å². The van der Waals surface area contributed by atoms with Gasteiger partial charge in [0.2, 0.25) is 0 Å². The van der Waals surface area contributed by atoms with Crippen LogP contribution in [0.2, 0.25) is 0 Å². The van der Waals surface area contributed by atoms with Crippen LogP contribution in [0, 0.1) is 11.3 Å². The first kappa shape index (κ1) is 10.7. The van der Waals surface area contributed by atoms with Gasteiger partial charge in [-0.1, -0.05) is 6.92 Å². The van der Waals surface area contributed by atoms with Crippen LogP contribution >= 0.6 is 11.3 Å². The zero-order valence-electron chi connectivity index (χ0n) is 9.07. The fraction of sp³-hybridized carbons (Fsp3) is 0.583. The van der Waals surface area contributed by atoms with Crippen LogP contribution in [-0.4, -0.2) is 17.5 Å². The molecule has 1 unspecified atom stereocenters. The van der Waals surface area contributed by atoms with Crippen LogP contribution in [0.5, 0.6) is 0 Å². The molecule has 0 bridgehead atoms. The van der Waals surface area contributed by atoms with Gasteiger partial charge in [0.05, 0.1) is 12.1 Å². The van der Waals surface area contributed by atoms with Gasteiger partial charge in [0.15, 0.2) is 0 Å². The monoisotopic (exact) mass is 220 g/mol. The summed E-state index contributed by atoms with van der Waals surface area (Å²) >= 11 is 1.88. The summed E-state index contributed by atoms with van der Waals surface area (Å²) in [6, 6.07) is 6.95. The molecule has 1 atom stereocenters. The summed E-state index contributed by atoms with van der Waals surface area (Å²) in [5, 5.41) is 8.98. The standard InChI is InChI=1S/C12H16N2S/c1-2-11-5-6-12(15-11)9-14-7-3-4-10(14)8-13/h5-6,10H,2-4,7,9H2,1H3. The fourth-order valence-electron chi connectivity index (χ4n) is 2.06. The third-order valence-corrected chi connectivity index (χ3v) is 4.15. The molecule has 1 aromatic rings. The van der Waals surface area contributed by atoms with E-state index in [2.05, 4.69) is 30.0 Å². The molecule has 2 nitrogen and oxygen atoms in total. The van der Waals surface area contributed by atoms with E-state index in [4.69, 9.17) is 5.26 Å². The second-order valence-corrected chi connectivity index (χ2v) is 5.23. The molecule has 0 radical (unpaired) electrons. The number of hydrogen-bond acceptors (Lipinski definition) is 3. The first-order valence-corrected chi connectivity index (χ1v) is 6.36. The topological polar surface area (TPSA) is 27.0 Å². The van der Waals surface area contributed by atoms with E-state index in [0.717, 1.165) is 25.9 Å². The summed E-state index contributed by atoms with van der Waals surface area (Å²) in [5.74, 6) is 0. The van der Waals surface area contributed by atoms with Gasteiger partial charge < -0.3 is 0 Å². The lowest BCUT2D eigenvalue weighted by atomic mass is 10.2. The molecule has 1 saturated heterocycles. The average molecular weight is 220 g/mol. The van der Waals surface area contributed by atoms with Crippen molar-refractivity contribution in [1.82, 2.24) is 4.90 Å². The maximum Gasteiger partial charge on any atom is 0.0981 e. The highest BCUT2D eigenvalue weighted by atomic mass is 32.1. The Kier molecular flexibility index (Phi) is 3.40. The van der Waals surface area contributed by atoms with Crippen molar-refractivity contribution in [3.63, 3.8) is 0 Å². The van der Waals surface area contributed by atoms with Gasteiger partial charge in [-0.05, 0) is 37.9 Å². The molecule has 0 aliphatic carbocycles. The Balaban J connectivity index is 1.99. The van der Waals surface area contributed by atoms with Crippen molar-refractivity contribution in [2.45, 2.75) is 38.8 Å². The second kappa shape index (κ2) is 4.78. The zero-order chi connectivity index (χ0) is 10.7. The van der Waals surface area contributed by atoms with Gasteiger partial charge in [-0.25, -0.2) is 0 Å². The minimum Gasteiger partial charge on any atom is -0.283 e. The molecule has 0 saturated carbocycles. The summed E-state index contributed by atoms with van der Waals surface area (Å²) in [6.45, 7) is 4.23. The Morgan fingerprint density at radius 3 is 3.00 bits per heavy atom. The highest BCUT2D eigenvalue weighted by Crippen LogP contribution is 2.23. The molecule has 2 heterocycles. The van der Waals surface area contributed by atoms with Crippen molar-refractivity contribution in [1.29, 1.82) is 5.26 Å². The van der Waals surface area contributed by atoms with Crippen molar-refractivity contribution in [3.8, 4) is 6.07 Å². The van der Waals surface area contributed by atoms with Crippen LogP contribution < -0.4 is 0 Å². The molecule has 2 rings (SSSR count). The summed E-state index contributed by atoms with van der Waals surface area (Å²) in [4.78, 5) is 5.14. The van der Waals surface area contributed by atoms with Crippen molar-refractivity contribution in [3.05, 3.63) is 21.9 Å². The van der Waals surface area contributed by atoms with Crippen molar-refractivity contribution >= 4 is 11.3 Å². The number of aryl methyl sites for hydroxylation is 1. The van der Waals surface area contributed by atoms with Crippen LogP contribution in [0.15, 0.2) is 12.1 Å². The Morgan fingerprint density at radius 2 is 2.33 bits per heavy atom. The van der Waals surface area contributed by atoms with Gasteiger partial charge in [-0.15, -0.1) is 11.3 Å². The van der Waals surface area contributed by atoms with Gasteiger partial charge in [0.25, 0.3) is 0 Å². The number of rotatable bonds is 3. The first-order chi connectivity index (χ1) is 7.33. The molecule has 1 aliphatic heterocycles. The molecule has 0 amide bonds. The summed E-state index contributed by atoms with van der Waals surface area (Å²) < 4.78 is 0. The molecule has 0 aromatic carbocycles. The zero-order valence-corrected chi connectivity index (χ0v) is 9.89. The molecule has 80 valence electrons. The summed E-state index contributed by atoms with van der Waals surface area (Å²) in [7, 11) is 0. The van der Waals surface area contributed by atoms with Crippen LogP contribution in [0.25, 0.3) is 0 Å². The highest BCUT2D eigenvalue weighted by molar-refractivity contribution is 7.11. The van der Waals surface area contributed by atoms with E-state index in [1.807, 2.05) is 11.3 Å². The number of nitrogens with zero attached hydrogens (tertiary/aromatic N) is 2. The largest absolute Gasteiger partial charge is 0.283 e. The Morgan fingerprint density at radius 1 is 1.53 bits per heavy atom. The lowest BCUT2D eigenvalue weighted by molar-refractivity contribution is 0.289. The Hall–Kier alpha value is -0.850. The lowest BCUT2D eigenvalue weighted by Gasteiger charge is -2.17. The molecular weight excluding hydrogens is 204 g/mol. The first-order valence-electron chi connectivity index (χ1n) is 5.54. The minimum atomic E-state index is 0.150. The van der Waals surface area contributed by atoms with Gasteiger partial charge in [-0.2, -0.15) is 5.26 Å². The van der Waals surface area contributed by atoms with E-state index in [0.29, 0.717) is 0 Å². The normalized spacial score (nSPS) is 21.7. The van der Waals surface area contributed by atoms with Crippen molar-refractivity contribution < 1.29 is 0 Å². The van der Waals surface area contributed by atoms with E-state index < -0.39 is 0 Å². The van der Waals surface area contributed by atoms with Crippen molar-refractivity contribution in [2.24, 2.45) is 0 Å². The average Bonchev–Trinajstić information content (AvgIpc) is 2.87. The fourth-order valence-corrected chi connectivity index (χ4v) is 3.04. The summed E-state index contributed by atoms with van der Waals surface area (Å²) in [6.07, 6.45) is 3.33. The molecule has 15 heavy (non-hydrogen) atoms. The third kappa shape index (κ3) is 2.39. The van der Waals surface area contributed by atoms with E-state index in [1.54, 1.807) is 0 Å². The van der Waals surface area contributed by atoms with Crippen LogP contribution in [0.3, 0.4) is 0 Å². The predicted molar refractivity (Wildman–Crippen MR) is 62.7 cm³/mol. The van der Waals surface area contributed by atoms with E-state index in [-0.39, 0.29) is 6.04 Å². The molecule has 0 spiro atoms. The van der Waals surface area contributed by atoms with E-state index in [9.17, 15) is 0 Å². The van der Waals surface area contributed by atoms with E-state index >= 15 is 0 Å². The predicted octanol–water partition coefficient (Wildman–Crippen LogP) is 2.80. The van der Waals surface area contributed by atoms with Gasteiger partial charge in [0.1, 0.15) is 0 Å². The van der Waals surface area contributed by atoms with Gasteiger partial charge in [0, 0.05) is 16.3 Å². The molecule has 0 N–H and O–H groups in total. The number of thiophene rings is 1. The Labute approximate surface area is 95.1 Å². The second-order valence-electron chi connectivity index (χ2n) is 3.98. The highest BCUT2D eigenvalue weighted by Gasteiger charge is 2.24. The maximum absolute atomic E-state index is 8.98.